The largest absolute Gasteiger partial charge is 0.460 e. The van der Waals surface area contributed by atoms with E-state index >= 15 is 0 Å². The minimum Gasteiger partial charge on any atom is -0.460 e. The van der Waals surface area contributed by atoms with Crippen molar-refractivity contribution < 1.29 is 50.7 Å². The highest BCUT2D eigenvalue weighted by Gasteiger charge is 2.47. The molecular formula is C55H76N5O11PS. The van der Waals surface area contributed by atoms with E-state index < -0.39 is 87.9 Å². The topological polar surface area (TPSA) is 230 Å². The zero-order valence-electron chi connectivity index (χ0n) is 44.0. The van der Waals surface area contributed by atoms with Crippen LogP contribution in [-0.2, 0) is 77.8 Å². The fourth-order valence-electron chi connectivity index (χ4n) is 8.79. The van der Waals surface area contributed by atoms with E-state index in [1.54, 1.807) is 86.6 Å². The Labute approximate surface area is 431 Å². The van der Waals surface area contributed by atoms with Gasteiger partial charge in [-0.25, -0.2) is 12.7 Å². The Hall–Kier alpha value is -5.45. The predicted octanol–water partition coefficient (Wildman–Crippen LogP) is 7.69. The summed E-state index contributed by atoms with van der Waals surface area (Å²) in [5, 5.41) is 10.6. The minimum atomic E-state index is -3.84. The van der Waals surface area contributed by atoms with E-state index in [1.807, 2.05) is 72.8 Å². The molecule has 1 saturated heterocycles. The van der Waals surface area contributed by atoms with Crippen molar-refractivity contribution in [1.82, 2.24) is 20.3 Å². The maximum atomic E-state index is 14.8. The third kappa shape index (κ3) is 18.8. The average Bonchev–Trinajstić information content (AvgIpc) is 3.28. The molecule has 1 fully saturated rings. The van der Waals surface area contributed by atoms with Gasteiger partial charge in [0.25, 0.3) is 0 Å². The number of hydrogen-bond donors (Lipinski definition) is 4. The van der Waals surface area contributed by atoms with Gasteiger partial charge in [0.05, 0.1) is 41.9 Å². The molecule has 0 unspecified atom stereocenters. The molecular weight excluding hydrogens is 970 g/mol. The molecule has 4 amide bonds. The Balaban J connectivity index is 1.40. The summed E-state index contributed by atoms with van der Waals surface area (Å²) in [6.07, 6.45) is 0.0807. The van der Waals surface area contributed by atoms with Crippen LogP contribution in [0.3, 0.4) is 0 Å². The smallest absolute Gasteiger partial charge is 0.336 e. The summed E-state index contributed by atoms with van der Waals surface area (Å²) in [7, 11) is -7.50. The monoisotopic (exact) mass is 1050 g/mol. The van der Waals surface area contributed by atoms with E-state index in [0.717, 1.165) is 21.9 Å². The Morgan fingerprint density at radius 3 is 1.90 bits per heavy atom. The van der Waals surface area contributed by atoms with Gasteiger partial charge in [-0.1, -0.05) is 97.1 Å². The number of primary amides is 1. The molecule has 0 aliphatic carbocycles. The van der Waals surface area contributed by atoms with Gasteiger partial charge in [0.1, 0.15) is 17.2 Å². The van der Waals surface area contributed by atoms with Gasteiger partial charge in [-0.05, 0) is 134 Å². The molecule has 73 heavy (non-hydrogen) atoms. The quantitative estimate of drug-likeness (QED) is 0.0320. The third-order valence-electron chi connectivity index (χ3n) is 12.0. The summed E-state index contributed by atoms with van der Waals surface area (Å²) in [5.41, 5.74) is 4.63. The SMILES string of the molecule is CC(C)(C)OC(=O)C[C@H](Cc1ccc(CP(=O)(OC(C)(C)C)OC(C)(C)C)cc1)C(=O)NC1(C(=O)N[C@@H](CC(N)=O)C(=O)NCCCc2cccc3ccccc23)CCN(S(=O)(=O)CCc2ccccc2)CC1. The number of ether oxygens (including phenoxy) is 1. The van der Waals surface area contributed by atoms with Crippen LogP contribution in [0.5, 0.6) is 0 Å². The summed E-state index contributed by atoms with van der Waals surface area (Å²) in [4.78, 5) is 69.3. The molecule has 2 atom stereocenters. The minimum absolute atomic E-state index is 0.00314. The third-order valence-corrected chi connectivity index (χ3v) is 16.3. The van der Waals surface area contributed by atoms with Crippen molar-refractivity contribution in [2.75, 3.05) is 25.4 Å². The first kappa shape index (κ1) is 58.4. The van der Waals surface area contributed by atoms with Gasteiger partial charge >= 0.3 is 13.6 Å². The van der Waals surface area contributed by atoms with Gasteiger partial charge in [-0.2, -0.15) is 0 Å². The Morgan fingerprint density at radius 2 is 1.30 bits per heavy atom. The number of amides is 4. The molecule has 0 radical (unpaired) electrons. The van der Waals surface area contributed by atoms with Crippen LogP contribution >= 0.6 is 7.60 Å². The maximum absolute atomic E-state index is 14.8. The highest BCUT2D eigenvalue weighted by molar-refractivity contribution is 7.89. The number of carbonyl (C=O) groups is 5. The number of nitrogens with two attached hydrogens (primary N) is 1. The number of nitrogens with one attached hydrogen (secondary N) is 3. The Morgan fingerprint density at radius 1 is 0.712 bits per heavy atom. The van der Waals surface area contributed by atoms with Gasteiger partial charge < -0.3 is 35.5 Å². The molecule has 1 aliphatic rings. The lowest BCUT2D eigenvalue weighted by Crippen LogP contribution is -2.66. The fraction of sp³-hybridized carbons (Fsp3) is 0.509. The normalized spacial score (nSPS) is 15.5. The zero-order valence-corrected chi connectivity index (χ0v) is 45.7. The van der Waals surface area contributed by atoms with E-state index in [2.05, 4.69) is 16.0 Å². The zero-order chi connectivity index (χ0) is 53.8. The molecule has 5 rings (SSSR count). The van der Waals surface area contributed by atoms with Crippen LogP contribution in [0, 0.1) is 5.92 Å². The lowest BCUT2D eigenvalue weighted by Gasteiger charge is -2.41. The molecule has 0 bridgehead atoms. The number of fused-ring (bicyclic) bond motifs is 1. The first-order valence-electron chi connectivity index (χ1n) is 25.0. The van der Waals surface area contributed by atoms with Gasteiger partial charge in [-0.15, -0.1) is 0 Å². The van der Waals surface area contributed by atoms with Crippen LogP contribution in [0.25, 0.3) is 10.8 Å². The van der Waals surface area contributed by atoms with Crippen LogP contribution in [0.15, 0.2) is 97.1 Å². The molecule has 0 aromatic heterocycles. The molecule has 4 aromatic rings. The van der Waals surface area contributed by atoms with E-state index in [-0.39, 0.29) is 63.7 Å². The second kappa shape index (κ2) is 24.7. The molecule has 4 aromatic carbocycles. The maximum Gasteiger partial charge on any atom is 0.336 e. The van der Waals surface area contributed by atoms with E-state index in [9.17, 15) is 37.0 Å². The molecule has 5 N–H and O–H groups in total. The van der Waals surface area contributed by atoms with Crippen molar-refractivity contribution in [3.8, 4) is 0 Å². The first-order chi connectivity index (χ1) is 34.0. The van der Waals surface area contributed by atoms with Crippen LogP contribution in [0.4, 0.5) is 0 Å². The number of hydrogen-bond acceptors (Lipinski definition) is 11. The molecule has 1 heterocycles. The highest BCUT2D eigenvalue weighted by atomic mass is 32.2. The Kier molecular flexibility index (Phi) is 19.8. The number of nitrogens with zero attached hydrogens (tertiary/aromatic N) is 1. The molecule has 1 aliphatic heterocycles. The lowest BCUT2D eigenvalue weighted by molar-refractivity contribution is -0.157. The molecule has 0 saturated carbocycles. The number of carbonyl (C=O) groups excluding carboxylic acids is 5. The number of aryl methyl sites for hydroxylation is 2. The van der Waals surface area contributed by atoms with Crippen molar-refractivity contribution in [2.45, 2.75) is 148 Å². The standard InChI is InChI=1S/C55H76N5O11PS/c1-52(2,3)69-48(62)36-44(35-40-24-26-41(27-25-40)38-72(66,70-53(4,5)6)71-54(7,8)9)49(63)59-55(29-32-60(33-30-55)73(67,68)34-28-39-17-11-10-12-18-39)51(65)58-46(37-47(56)61)50(64)57-31-16-22-43-21-15-20-42-19-13-14-23-45(42)43/h10-15,17-21,23-27,44,46H,16,22,28-38H2,1-9H3,(H2,56,61)(H,57,64)(H,58,65)(H,59,63)/t44-,46-/m0/s1. The first-order valence-corrected chi connectivity index (χ1v) is 28.3. The van der Waals surface area contributed by atoms with Gasteiger partial charge in [0, 0.05) is 19.6 Å². The van der Waals surface area contributed by atoms with Crippen LogP contribution in [-0.4, -0.2) is 96.1 Å². The van der Waals surface area contributed by atoms with Crippen molar-refractivity contribution in [1.29, 1.82) is 0 Å². The van der Waals surface area contributed by atoms with Crippen molar-refractivity contribution in [2.24, 2.45) is 11.7 Å². The molecule has 16 nitrogen and oxygen atoms in total. The van der Waals surface area contributed by atoms with E-state index in [4.69, 9.17) is 19.5 Å². The number of benzene rings is 4. The van der Waals surface area contributed by atoms with E-state index in [1.165, 1.54) is 4.31 Å². The lowest BCUT2D eigenvalue weighted by atomic mass is 9.85. The van der Waals surface area contributed by atoms with Crippen LogP contribution < -0.4 is 21.7 Å². The number of esters is 1. The summed E-state index contributed by atoms with van der Waals surface area (Å²) in [5.74, 6) is -5.00. The molecule has 398 valence electrons. The second-order valence-electron chi connectivity index (χ2n) is 21.9. The average molecular weight is 1050 g/mol. The van der Waals surface area contributed by atoms with Crippen molar-refractivity contribution >= 4 is 58.0 Å². The van der Waals surface area contributed by atoms with Crippen molar-refractivity contribution in [3.63, 3.8) is 0 Å². The Bertz CT molecular complexity index is 2680. The van der Waals surface area contributed by atoms with Crippen LogP contribution in [0.1, 0.15) is 117 Å². The highest BCUT2D eigenvalue weighted by Crippen LogP contribution is 2.57. The summed E-state index contributed by atoms with van der Waals surface area (Å²) in [6.45, 7) is 15.8. The summed E-state index contributed by atoms with van der Waals surface area (Å²) < 4.78 is 60.5. The molecule has 0 spiro atoms. The second-order valence-corrected chi connectivity index (χ2v) is 25.9. The number of sulfonamides is 1. The van der Waals surface area contributed by atoms with Crippen molar-refractivity contribution in [3.05, 3.63) is 119 Å². The number of piperidine rings is 1. The van der Waals surface area contributed by atoms with Gasteiger partial charge in [0.15, 0.2) is 0 Å². The van der Waals surface area contributed by atoms with Crippen LogP contribution in [0.2, 0.25) is 0 Å². The summed E-state index contributed by atoms with van der Waals surface area (Å²) >= 11 is 0. The predicted molar refractivity (Wildman–Crippen MR) is 284 cm³/mol. The van der Waals surface area contributed by atoms with E-state index in [0.29, 0.717) is 24.0 Å². The van der Waals surface area contributed by atoms with Gasteiger partial charge in [-0.3, -0.25) is 28.5 Å². The fourth-order valence-corrected chi connectivity index (χ4v) is 12.8. The van der Waals surface area contributed by atoms with Gasteiger partial charge in [0.2, 0.25) is 33.7 Å². The molecule has 18 heteroatoms. The summed E-state index contributed by atoms with van der Waals surface area (Å²) in [6, 6.07) is 28.8. The number of rotatable bonds is 23.